The lowest BCUT2D eigenvalue weighted by molar-refractivity contribution is 0.113. The normalized spacial score (nSPS) is 17.0. The molecule has 1 atom stereocenters. The monoisotopic (exact) mass is 349 g/mol. The first kappa shape index (κ1) is 16.1. The van der Waals surface area contributed by atoms with Crippen LogP contribution in [-0.4, -0.2) is 25.8 Å². The molecule has 0 aliphatic carbocycles. The first-order valence-electron chi connectivity index (χ1n) is 7.06. The summed E-state index contributed by atoms with van der Waals surface area (Å²) < 4.78 is 17.0. The van der Waals surface area contributed by atoms with Gasteiger partial charge in [-0.3, -0.25) is 0 Å². The molecule has 2 aromatic carbocycles. The van der Waals surface area contributed by atoms with E-state index >= 15 is 0 Å². The van der Waals surface area contributed by atoms with Crippen molar-refractivity contribution in [3.05, 3.63) is 52.5 Å². The van der Waals surface area contributed by atoms with Gasteiger partial charge in [-0.2, -0.15) is 0 Å². The lowest BCUT2D eigenvalue weighted by Crippen LogP contribution is -2.13. The molecule has 0 aromatic heterocycles. The van der Waals surface area contributed by atoms with Crippen molar-refractivity contribution in [1.29, 1.82) is 0 Å². The van der Waals surface area contributed by atoms with Crippen LogP contribution in [0.15, 0.2) is 36.4 Å². The Labute approximate surface area is 145 Å². The second-order valence-electron chi connectivity index (χ2n) is 5.05. The molecule has 0 amide bonds. The highest BCUT2D eigenvalue weighted by molar-refractivity contribution is 7.80. The minimum atomic E-state index is -0.360. The number of halogens is 1. The maximum Gasteiger partial charge on any atom is 0.166 e. The summed E-state index contributed by atoms with van der Waals surface area (Å²) in [5.74, 6) is 1.29. The van der Waals surface area contributed by atoms with Crippen LogP contribution in [0.3, 0.4) is 0 Å². The van der Waals surface area contributed by atoms with Crippen LogP contribution >= 0.6 is 23.8 Å². The number of ether oxygens (including phenoxy) is 3. The Kier molecular flexibility index (Phi) is 4.71. The summed E-state index contributed by atoms with van der Waals surface area (Å²) in [6, 6.07) is 11.3. The highest BCUT2D eigenvalue weighted by Crippen LogP contribution is 2.42. The fourth-order valence-electron chi connectivity index (χ4n) is 2.68. The van der Waals surface area contributed by atoms with E-state index < -0.39 is 0 Å². The molecule has 2 aromatic rings. The van der Waals surface area contributed by atoms with Gasteiger partial charge in [0.25, 0.3) is 0 Å². The molecule has 23 heavy (non-hydrogen) atoms. The zero-order valence-electron chi connectivity index (χ0n) is 12.8. The lowest BCUT2D eigenvalue weighted by Gasteiger charge is -2.21. The van der Waals surface area contributed by atoms with E-state index in [4.69, 9.17) is 38.0 Å². The van der Waals surface area contributed by atoms with E-state index in [1.807, 2.05) is 36.4 Å². The van der Waals surface area contributed by atoms with Crippen molar-refractivity contribution < 1.29 is 14.2 Å². The molecule has 6 heteroatoms. The van der Waals surface area contributed by atoms with E-state index in [-0.39, 0.29) is 6.10 Å². The van der Waals surface area contributed by atoms with Crippen LogP contribution in [0.4, 0.5) is 5.69 Å². The van der Waals surface area contributed by atoms with Gasteiger partial charge in [0.2, 0.25) is 0 Å². The Bertz CT molecular complexity index is 751. The number of anilines is 1. The average Bonchev–Trinajstić information content (AvgIpc) is 2.72. The van der Waals surface area contributed by atoms with Gasteiger partial charge in [-0.05, 0) is 24.3 Å². The van der Waals surface area contributed by atoms with Crippen molar-refractivity contribution in [1.82, 2.24) is 0 Å². The molecule has 1 N–H and O–H groups in total. The smallest absolute Gasteiger partial charge is 0.166 e. The quantitative estimate of drug-likeness (QED) is 0.840. The maximum absolute atomic E-state index is 6.18. The molecule has 1 aliphatic rings. The van der Waals surface area contributed by atoms with Crippen molar-refractivity contribution in [2.75, 3.05) is 26.1 Å². The second-order valence-corrected chi connectivity index (χ2v) is 5.98. The number of rotatable bonds is 3. The van der Waals surface area contributed by atoms with Crippen molar-refractivity contribution in [3.8, 4) is 11.5 Å². The van der Waals surface area contributed by atoms with Gasteiger partial charge in [0.15, 0.2) is 11.5 Å². The molecular weight excluding hydrogens is 334 g/mol. The van der Waals surface area contributed by atoms with Crippen LogP contribution in [0.2, 0.25) is 5.02 Å². The third kappa shape index (κ3) is 3.13. The van der Waals surface area contributed by atoms with Crippen molar-refractivity contribution in [3.63, 3.8) is 0 Å². The molecule has 3 rings (SSSR count). The van der Waals surface area contributed by atoms with Gasteiger partial charge in [0.05, 0.1) is 20.8 Å². The SMILES string of the molecule is COc1cccc([C@H]2OCC(=S)Nc3ccc(Cl)cc32)c1OC. The summed E-state index contributed by atoms with van der Waals surface area (Å²) in [7, 11) is 3.22. The predicted molar refractivity (Wildman–Crippen MR) is 95.0 cm³/mol. The van der Waals surface area contributed by atoms with Crippen molar-refractivity contribution in [2.24, 2.45) is 0 Å². The largest absolute Gasteiger partial charge is 0.493 e. The molecule has 0 saturated heterocycles. The van der Waals surface area contributed by atoms with E-state index in [0.29, 0.717) is 28.1 Å². The number of benzene rings is 2. The van der Waals surface area contributed by atoms with E-state index in [1.165, 1.54) is 0 Å². The molecule has 0 fully saturated rings. The summed E-state index contributed by atoms with van der Waals surface area (Å²) in [6.07, 6.45) is -0.360. The zero-order chi connectivity index (χ0) is 16.4. The minimum absolute atomic E-state index is 0.312. The molecular formula is C17H16ClNO3S. The van der Waals surface area contributed by atoms with E-state index in [2.05, 4.69) is 5.32 Å². The molecule has 120 valence electrons. The lowest BCUT2D eigenvalue weighted by atomic mass is 9.98. The van der Waals surface area contributed by atoms with Crippen LogP contribution in [0.1, 0.15) is 17.2 Å². The van der Waals surface area contributed by atoms with E-state index in [0.717, 1.165) is 16.8 Å². The van der Waals surface area contributed by atoms with Gasteiger partial charge in [-0.25, -0.2) is 0 Å². The van der Waals surface area contributed by atoms with Gasteiger partial charge in [0.1, 0.15) is 11.1 Å². The molecule has 0 spiro atoms. The number of para-hydroxylation sites is 1. The Morgan fingerprint density at radius 2 is 2.00 bits per heavy atom. The van der Waals surface area contributed by atoms with E-state index in [9.17, 15) is 0 Å². The van der Waals surface area contributed by atoms with Crippen molar-refractivity contribution >= 4 is 34.5 Å². The molecule has 0 saturated carbocycles. The van der Waals surface area contributed by atoms with Crippen LogP contribution in [0.5, 0.6) is 11.5 Å². The number of methoxy groups -OCH3 is 2. The second kappa shape index (κ2) is 6.74. The average molecular weight is 350 g/mol. The van der Waals surface area contributed by atoms with E-state index in [1.54, 1.807) is 14.2 Å². The Morgan fingerprint density at radius 1 is 1.17 bits per heavy atom. The molecule has 0 unspecified atom stereocenters. The predicted octanol–water partition coefficient (Wildman–Crippen LogP) is 4.22. The molecule has 0 radical (unpaired) electrons. The summed E-state index contributed by atoms with van der Waals surface area (Å²) >= 11 is 11.5. The van der Waals surface area contributed by atoms with Crippen LogP contribution in [0.25, 0.3) is 0 Å². The van der Waals surface area contributed by atoms with Gasteiger partial charge in [-0.15, -0.1) is 0 Å². The van der Waals surface area contributed by atoms with Gasteiger partial charge in [-0.1, -0.05) is 36.0 Å². The maximum atomic E-state index is 6.18. The number of hydrogen-bond acceptors (Lipinski definition) is 4. The number of nitrogens with one attached hydrogen (secondary N) is 1. The third-order valence-corrected chi connectivity index (χ3v) is 4.12. The van der Waals surface area contributed by atoms with Crippen LogP contribution in [0, 0.1) is 0 Å². The van der Waals surface area contributed by atoms with Gasteiger partial charge >= 0.3 is 0 Å². The molecule has 0 bridgehead atoms. The minimum Gasteiger partial charge on any atom is -0.493 e. The third-order valence-electron chi connectivity index (χ3n) is 3.67. The highest BCUT2D eigenvalue weighted by Gasteiger charge is 2.27. The fraction of sp³-hybridized carbons (Fsp3) is 0.235. The molecule has 1 aliphatic heterocycles. The Morgan fingerprint density at radius 3 is 2.74 bits per heavy atom. The summed E-state index contributed by atoms with van der Waals surface area (Å²) in [6.45, 7) is 0.312. The van der Waals surface area contributed by atoms with Crippen LogP contribution in [-0.2, 0) is 4.74 Å². The number of fused-ring (bicyclic) bond motifs is 1. The Balaban J connectivity index is 2.17. The van der Waals surface area contributed by atoms with Gasteiger partial charge in [0, 0.05) is 21.8 Å². The fourth-order valence-corrected chi connectivity index (χ4v) is 3.03. The first-order valence-corrected chi connectivity index (χ1v) is 7.84. The topological polar surface area (TPSA) is 39.7 Å². The van der Waals surface area contributed by atoms with Gasteiger partial charge < -0.3 is 19.5 Å². The van der Waals surface area contributed by atoms with Crippen molar-refractivity contribution in [2.45, 2.75) is 6.10 Å². The first-order chi connectivity index (χ1) is 11.1. The highest BCUT2D eigenvalue weighted by atomic mass is 35.5. The number of hydrogen-bond donors (Lipinski definition) is 1. The van der Waals surface area contributed by atoms with Crippen LogP contribution < -0.4 is 14.8 Å². The zero-order valence-corrected chi connectivity index (χ0v) is 14.3. The summed E-state index contributed by atoms with van der Waals surface area (Å²) in [4.78, 5) is 0.623. The summed E-state index contributed by atoms with van der Waals surface area (Å²) in [5, 5.41) is 3.82. The number of thiocarbonyl (C=S) groups is 1. The molecule has 1 heterocycles. The summed E-state index contributed by atoms with van der Waals surface area (Å²) in [5.41, 5.74) is 2.65. The molecule has 4 nitrogen and oxygen atoms in total. The standard InChI is InChI=1S/C17H16ClNO3S/c1-20-14-5-3-4-11(17(14)21-2)16-12-8-10(18)6-7-13(12)19-15(23)9-22-16/h3-8,16H,9H2,1-2H3,(H,19,23)/t16-/m1/s1. The Hall–Kier alpha value is -1.82.